The van der Waals surface area contributed by atoms with Crippen LogP contribution in [0.4, 0.5) is 13.2 Å². The van der Waals surface area contributed by atoms with E-state index in [0.29, 0.717) is 37.3 Å². The van der Waals surface area contributed by atoms with Crippen molar-refractivity contribution in [3.05, 3.63) is 59.9 Å². The Morgan fingerprint density at radius 2 is 1.91 bits per heavy atom. The van der Waals surface area contributed by atoms with Gasteiger partial charge in [0.25, 0.3) is 11.8 Å². The van der Waals surface area contributed by atoms with E-state index < -0.39 is 24.1 Å². The zero-order valence-electron chi connectivity index (χ0n) is 22.4. The van der Waals surface area contributed by atoms with Crippen LogP contribution in [0.5, 0.6) is 0 Å². The van der Waals surface area contributed by atoms with Crippen molar-refractivity contribution in [2.24, 2.45) is 0 Å². The van der Waals surface area contributed by atoms with Gasteiger partial charge in [0, 0.05) is 44.0 Å². The SMILES string of the molecule is O=C(O)C(F)(F)F.O=C1CCC(N2Cc3ccc(-n4cc(C(=O)N5CCC[C@@H]5Cn5ccnc5)nn4)cc3C2=O)C(=O)N1. The van der Waals surface area contributed by atoms with Gasteiger partial charge in [-0.15, -0.1) is 5.10 Å². The van der Waals surface area contributed by atoms with Crippen LogP contribution in [0.2, 0.25) is 0 Å². The Morgan fingerprint density at radius 1 is 1.14 bits per heavy atom. The second-order valence-electron chi connectivity index (χ2n) is 10.1. The molecule has 0 radical (unpaired) electrons. The summed E-state index contributed by atoms with van der Waals surface area (Å²) in [5.41, 5.74) is 2.10. The molecule has 6 rings (SSSR count). The van der Waals surface area contributed by atoms with E-state index in [0.717, 1.165) is 18.4 Å². The zero-order chi connectivity index (χ0) is 30.9. The van der Waals surface area contributed by atoms with Crippen molar-refractivity contribution in [1.82, 2.24) is 39.7 Å². The number of benzene rings is 1. The fourth-order valence-corrected chi connectivity index (χ4v) is 5.25. The van der Waals surface area contributed by atoms with Crippen LogP contribution in [0.3, 0.4) is 0 Å². The minimum Gasteiger partial charge on any atom is -0.475 e. The van der Waals surface area contributed by atoms with Gasteiger partial charge in [-0.05, 0) is 37.0 Å². The molecule has 17 heteroatoms. The lowest BCUT2D eigenvalue weighted by molar-refractivity contribution is -0.192. The largest absolute Gasteiger partial charge is 0.490 e. The van der Waals surface area contributed by atoms with Gasteiger partial charge in [0.05, 0.1) is 24.3 Å². The van der Waals surface area contributed by atoms with Gasteiger partial charge in [-0.1, -0.05) is 11.3 Å². The summed E-state index contributed by atoms with van der Waals surface area (Å²) in [6, 6.07) is 4.72. The number of carbonyl (C=O) groups excluding carboxylic acids is 4. The first kappa shape index (κ1) is 29.4. The molecule has 0 spiro atoms. The number of hydrogen-bond donors (Lipinski definition) is 2. The molecule has 14 nitrogen and oxygen atoms in total. The lowest BCUT2D eigenvalue weighted by Crippen LogP contribution is -2.52. The van der Waals surface area contributed by atoms with Crippen molar-refractivity contribution in [1.29, 1.82) is 0 Å². The average molecular weight is 603 g/mol. The fraction of sp³-hybridized carbons (Fsp3) is 0.385. The molecule has 1 unspecified atom stereocenters. The van der Waals surface area contributed by atoms with Crippen molar-refractivity contribution in [3.8, 4) is 5.69 Å². The summed E-state index contributed by atoms with van der Waals surface area (Å²) >= 11 is 0. The maximum absolute atomic E-state index is 13.2. The second-order valence-corrected chi connectivity index (χ2v) is 10.1. The number of imidazole rings is 1. The van der Waals surface area contributed by atoms with E-state index >= 15 is 0 Å². The molecule has 2 saturated heterocycles. The summed E-state index contributed by atoms with van der Waals surface area (Å²) in [6.45, 7) is 1.64. The number of nitrogens with one attached hydrogen (secondary N) is 1. The number of piperidine rings is 1. The number of rotatable bonds is 5. The monoisotopic (exact) mass is 602 g/mol. The third-order valence-corrected chi connectivity index (χ3v) is 7.35. The van der Waals surface area contributed by atoms with E-state index in [2.05, 4.69) is 20.6 Å². The van der Waals surface area contributed by atoms with E-state index in [1.165, 1.54) is 9.58 Å². The van der Waals surface area contributed by atoms with E-state index in [-0.39, 0.29) is 35.9 Å². The van der Waals surface area contributed by atoms with Gasteiger partial charge in [-0.25, -0.2) is 14.5 Å². The molecule has 226 valence electrons. The van der Waals surface area contributed by atoms with Crippen LogP contribution in [-0.4, -0.2) is 93.9 Å². The van der Waals surface area contributed by atoms with Crippen molar-refractivity contribution >= 4 is 29.6 Å². The summed E-state index contributed by atoms with van der Waals surface area (Å²) in [5, 5.41) is 17.7. The number of amides is 4. The lowest BCUT2D eigenvalue weighted by Gasteiger charge is -2.29. The van der Waals surface area contributed by atoms with E-state index in [4.69, 9.17) is 9.90 Å². The van der Waals surface area contributed by atoms with Gasteiger partial charge < -0.3 is 19.5 Å². The number of halogens is 3. The van der Waals surface area contributed by atoms with Crippen molar-refractivity contribution < 1.29 is 42.3 Å². The van der Waals surface area contributed by atoms with Gasteiger partial charge in [0.2, 0.25) is 11.8 Å². The van der Waals surface area contributed by atoms with Crippen LogP contribution >= 0.6 is 0 Å². The first-order valence-electron chi connectivity index (χ1n) is 13.2. The molecular formula is C26H25F3N8O6. The number of likely N-dealkylation sites (tertiary alicyclic amines) is 1. The first-order chi connectivity index (χ1) is 20.4. The minimum absolute atomic E-state index is 0.0627. The van der Waals surface area contributed by atoms with Gasteiger partial charge in [-0.2, -0.15) is 13.2 Å². The molecule has 1 aromatic carbocycles. The summed E-state index contributed by atoms with van der Waals surface area (Å²) in [6.07, 6.45) is 4.19. The molecule has 5 heterocycles. The molecular weight excluding hydrogens is 577 g/mol. The lowest BCUT2D eigenvalue weighted by atomic mass is 10.0. The molecule has 3 aromatic rings. The maximum atomic E-state index is 13.2. The highest BCUT2D eigenvalue weighted by atomic mass is 19.4. The van der Waals surface area contributed by atoms with Gasteiger partial charge in [0.1, 0.15) is 6.04 Å². The highest BCUT2D eigenvalue weighted by molar-refractivity contribution is 6.05. The summed E-state index contributed by atoms with van der Waals surface area (Å²) < 4.78 is 35.2. The quantitative estimate of drug-likeness (QED) is 0.407. The number of fused-ring (bicyclic) bond motifs is 1. The van der Waals surface area contributed by atoms with Crippen LogP contribution in [0.25, 0.3) is 5.69 Å². The molecule has 2 fully saturated rings. The highest BCUT2D eigenvalue weighted by Gasteiger charge is 2.40. The zero-order valence-corrected chi connectivity index (χ0v) is 22.4. The second kappa shape index (κ2) is 11.7. The van der Waals surface area contributed by atoms with E-state index in [1.807, 2.05) is 21.7 Å². The third-order valence-electron chi connectivity index (χ3n) is 7.35. The molecule has 2 aromatic heterocycles. The number of nitrogens with zero attached hydrogens (tertiary/aromatic N) is 7. The van der Waals surface area contributed by atoms with E-state index in [1.54, 1.807) is 30.9 Å². The van der Waals surface area contributed by atoms with Crippen molar-refractivity contribution in [2.75, 3.05) is 6.54 Å². The predicted octanol–water partition coefficient (Wildman–Crippen LogP) is 1.16. The fourth-order valence-electron chi connectivity index (χ4n) is 5.25. The Balaban J connectivity index is 0.000000472. The number of aliphatic carboxylic acids is 1. The Bertz CT molecular complexity index is 1570. The normalized spacial score (nSPS) is 20.0. The van der Waals surface area contributed by atoms with Gasteiger partial charge in [0.15, 0.2) is 5.69 Å². The molecule has 2 atom stereocenters. The van der Waals surface area contributed by atoms with Crippen LogP contribution in [0, 0.1) is 0 Å². The average Bonchev–Trinajstić information content (AvgIpc) is 3.77. The Morgan fingerprint density at radius 3 is 2.58 bits per heavy atom. The molecule has 0 aliphatic carbocycles. The number of carboxylic acids is 1. The number of imide groups is 1. The molecule has 43 heavy (non-hydrogen) atoms. The molecule has 0 bridgehead atoms. The summed E-state index contributed by atoms with van der Waals surface area (Å²) in [5.74, 6) is -3.96. The predicted molar refractivity (Wildman–Crippen MR) is 137 cm³/mol. The number of carbonyl (C=O) groups is 5. The topological polar surface area (TPSA) is 173 Å². The highest BCUT2D eigenvalue weighted by Crippen LogP contribution is 2.29. The smallest absolute Gasteiger partial charge is 0.475 e. The Hall–Kier alpha value is -5.09. The van der Waals surface area contributed by atoms with Gasteiger partial charge in [-0.3, -0.25) is 24.5 Å². The van der Waals surface area contributed by atoms with Crippen LogP contribution in [-0.2, 0) is 27.5 Å². The molecule has 4 amide bonds. The van der Waals surface area contributed by atoms with Crippen LogP contribution in [0.15, 0.2) is 43.1 Å². The Kier molecular flexibility index (Phi) is 7.97. The molecule has 3 aliphatic rings. The number of carboxylic acid groups (broad SMARTS) is 1. The van der Waals surface area contributed by atoms with Crippen molar-refractivity contribution in [2.45, 2.75) is 57.0 Å². The number of aromatic nitrogens is 5. The molecule has 0 saturated carbocycles. The van der Waals surface area contributed by atoms with Crippen molar-refractivity contribution in [3.63, 3.8) is 0 Å². The maximum Gasteiger partial charge on any atom is 0.490 e. The number of hydrogen-bond acceptors (Lipinski definition) is 8. The Labute approximate surface area is 241 Å². The number of alkyl halides is 3. The summed E-state index contributed by atoms with van der Waals surface area (Å²) in [4.78, 5) is 66.4. The van der Waals surface area contributed by atoms with Crippen LogP contribution in [0.1, 0.15) is 52.1 Å². The molecule has 3 aliphatic heterocycles. The van der Waals surface area contributed by atoms with E-state index in [9.17, 15) is 32.3 Å². The third kappa shape index (κ3) is 6.24. The summed E-state index contributed by atoms with van der Waals surface area (Å²) in [7, 11) is 0. The first-order valence-corrected chi connectivity index (χ1v) is 13.2. The van der Waals surface area contributed by atoms with Gasteiger partial charge >= 0.3 is 12.1 Å². The molecule has 2 N–H and O–H groups in total. The standard InChI is InChI=1S/C24H24N8O4.C2HF3O2/c33-21-6-5-20(22(34)26-21)31-11-15-3-4-16(10-18(15)23(31)35)32-13-19(27-28-32)24(36)30-8-1-2-17(30)12-29-9-7-25-14-29;3-2(4,5)1(6)7/h3-4,7,9-10,13-14,17,20H,1-2,5-6,8,11-12H2,(H,26,33,34);(H,6,7)/t17-,20?;/m1./s1. The minimum atomic E-state index is -5.08. The van der Waals surface area contributed by atoms with Crippen LogP contribution < -0.4 is 5.32 Å².